The highest BCUT2D eigenvalue weighted by Gasteiger charge is 2.38. The van der Waals surface area contributed by atoms with E-state index in [9.17, 15) is 9.59 Å². The maximum absolute atomic E-state index is 12.4. The van der Waals surface area contributed by atoms with Gasteiger partial charge in [-0.2, -0.15) is 0 Å². The summed E-state index contributed by atoms with van der Waals surface area (Å²) in [6.45, 7) is 3.93. The summed E-state index contributed by atoms with van der Waals surface area (Å²) in [5, 5.41) is 4.94. The SMILES string of the molecule is O=C(COC(=O)c1ccc(OCc2cscn2)cc1)NCC1(N2CCOCC2)CCCCC1. The van der Waals surface area contributed by atoms with Crippen molar-refractivity contribution in [1.82, 2.24) is 15.2 Å². The number of thiazole rings is 1. The number of esters is 1. The summed E-state index contributed by atoms with van der Waals surface area (Å²) in [5.41, 5.74) is 2.97. The summed E-state index contributed by atoms with van der Waals surface area (Å²) in [6.07, 6.45) is 5.73. The van der Waals surface area contributed by atoms with E-state index in [1.54, 1.807) is 29.8 Å². The van der Waals surface area contributed by atoms with Crippen LogP contribution in [-0.2, 0) is 20.9 Å². The number of benzene rings is 1. The molecule has 1 amide bonds. The second-order valence-corrected chi connectivity index (χ2v) is 9.25. The van der Waals surface area contributed by atoms with Crippen molar-refractivity contribution in [3.05, 3.63) is 46.4 Å². The molecule has 2 aromatic rings. The molecule has 2 fully saturated rings. The molecule has 8 nitrogen and oxygen atoms in total. The van der Waals surface area contributed by atoms with Crippen LogP contribution in [0.2, 0.25) is 0 Å². The van der Waals surface area contributed by atoms with Gasteiger partial charge in [-0.3, -0.25) is 9.69 Å². The van der Waals surface area contributed by atoms with Crippen LogP contribution in [-0.4, -0.2) is 66.8 Å². The summed E-state index contributed by atoms with van der Waals surface area (Å²) in [5.74, 6) is -0.167. The molecule has 9 heteroatoms. The number of carbonyl (C=O) groups is 2. The number of hydrogen-bond acceptors (Lipinski definition) is 8. The van der Waals surface area contributed by atoms with Gasteiger partial charge in [0.05, 0.1) is 30.0 Å². The molecule has 1 aliphatic heterocycles. The van der Waals surface area contributed by atoms with Crippen molar-refractivity contribution in [2.75, 3.05) is 39.5 Å². The molecular formula is C24H31N3O5S. The topological polar surface area (TPSA) is 90.0 Å². The van der Waals surface area contributed by atoms with Crippen molar-refractivity contribution in [3.8, 4) is 5.75 Å². The minimum Gasteiger partial charge on any atom is -0.487 e. The zero-order valence-corrected chi connectivity index (χ0v) is 19.6. The van der Waals surface area contributed by atoms with Crippen LogP contribution in [0.15, 0.2) is 35.2 Å². The van der Waals surface area contributed by atoms with E-state index >= 15 is 0 Å². The number of nitrogens with one attached hydrogen (secondary N) is 1. The van der Waals surface area contributed by atoms with E-state index in [4.69, 9.17) is 14.2 Å². The Morgan fingerprint density at radius 2 is 1.88 bits per heavy atom. The Kier molecular flexibility index (Phi) is 8.30. The second kappa shape index (κ2) is 11.6. The van der Waals surface area contributed by atoms with Gasteiger partial charge in [-0.05, 0) is 37.1 Å². The molecule has 1 saturated carbocycles. The molecule has 0 spiro atoms. The highest BCUT2D eigenvalue weighted by Crippen LogP contribution is 2.33. The lowest BCUT2D eigenvalue weighted by atomic mass is 9.79. The molecule has 0 unspecified atom stereocenters. The molecule has 2 heterocycles. The second-order valence-electron chi connectivity index (χ2n) is 8.53. The minimum absolute atomic E-state index is 0.0178. The van der Waals surface area contributed by atoms with Crippen LogP contribution in [0.1, 0.15) is 48.2 Å². The van der Waals surface area contributed by atoms with Gasteiger partial charge >= 0.3 is 5.97 Å². The van der Waals surface area contributed by atoms with Gasteiger partial charge < -0.3 is 19.5 Å². The quantitative estimate of drug-likeness (QED) is 0.560. The average Bonchev–Trinajstić information content (AvgIpc) is 3.40. The Morgan fingerprint density at radius 1 is 1.12 bits per heavy atom. The van der Waals surface area contributed by atoms with E-state index < -0.39 is 5.97 Å². The fourth-order valence-corrected chi connectivity index (χ4v) is 5.08. The lowest BCUT2D eigenvalue weighted by Gasteiger charge is -2.48. The van der Waals surface area contributed by atoms with Gasteiger partial charge in [-0.1, -0.05) is 19.3 Å². The molecule has 0 radical (unpaired) electrons. The fraction of sp³-hybridized carbons (Fsp3) is 0.542. The molecule has 4 rings (SSSR count). The van der Waals surface area contributed by atoms with Gasteiger partial charge in [0.25, 0.3) is 5.91 Å². The van der Waals surface area contributed by atoms with Crippen LogP contribution in [0.4, 0.5) is 0 Å². The van der Waals surface area contributed by atoms with Crippen molar-refractivity contribution >= 4 is 23.2 Å². The number of carbonyl (C=O) groups excluding carboxylic acids is 2. The van der Waals surface area contributed by atoms with Crippen molar-refractivity contribution in [2.45, 2.75) is 44.2 Å². The average molecular weight is 474 g/mol. The van der Waals surface area contributed by atoms with Crippen LogP contribution in [0.5, 0.6) is 5.75 Å². The first kappa shape index (κ1) is 23.7. The van der Waals surface area contributed by atoms with E-state index in [0.717, 1.165) is 44.8 Å². The van der Waals surface area contributed by atoms with Gasteiger partial charge in [-0.15, -0.1) is 11.3 Å². The standard InChI is InChI=1S/C24H31N3O5S/c28-22(25-17-24(8-2-1-3-9-24)27-10-12-30-13-11-27)15-32-23(29)19-4-6-21(7-5-19)31-14-20-16-33-18-26-20/h4-7,16,18H,1-3,8-15,17H2,(H,25,28). The summed E-state index contributed by atoms with van der Waals surface area (Å²) in [6, 6.07) is 6.68. The highest BCUT2D eigenvalue weighted by atomic mass is 32.1. The molecule has 1 saturated heterocycles. The molecule has 2 aliphatic rings. The Labute approximate surface area is 198 Å². The molecule has 1 aromatic carbocycles. The largest absolute Gasteiger partial charge is 0.487 e. The van der Waals surface area contributed by atoms with Crippen LogP contribution >= 0.6 is 11.3 Å². The minimum atomic E-state index is -0.531. The summed E-state index contributed by atoms with van der Waals surface area (Å²) in [4.78, 5) is 31.4. The number of nitrogens with zero attached hydrogens (tertiary/aromatic N) is 2. The zero-order chi connectivity index (χ0) is 22.9. The van der Waals surface area contributed by atoms with Crippen molar-refractivity contribution in [1.29, 1.82) is 0 Å². The fourth-order valence-electron chi connectivity index (χ4n) is 4.53. The molecule has 1 aromatic heterocycles. The van der Waals surface area contributed by atoms with Crippen molar-refractivity contribution < 1.29 is 23.8 Å². The molecule has 1 N–H and O–H groups in total. The highest BCUT2D eigenvalue weighted by molar-refractivity contribution is 7.07. The first-order chi connectivity index (χ1) is 16.1. The predicted octanol–water partition coefficient (Wildman–Crippen LogP) is 3.03. The van der Waals surface area contributed by atoms with E-state index in [1.807, 2.05) is 5.38 Å². The molecule has 0 bridgehead atoms. The number of rotatable bonds is 9. The first-order valence-electron chi connectivity index (χ1n) is 11.5. The van der Waals surface area contributed by atoms with Crippen molar-refractivity contribution in [2.24, 2.45) is 0 Å². The number of hydrogen-bond donors (Lipinski definition) is 1. The Hall–Kier alpha value is -2.49. The van der Waals surface area contributed by atoms with Gasteiger partial charge in [-0.25, -0.2) is 9.78 Å². The molecule has 33 heavy (non-hydrogen) atoms. The van der Waals surface area contributed by atoms with Crippen LogP contribution in [0, 0.1) is 0 Å². The number of aromatic nitrogens is 1. The van der Waals surface area contributed by atoms with Gasteiger partial charge in [0.1, 0.15) is 12.4 Å². The third-order valence-corrected chi connectivity index (χ3v) is 7.01. The smallest absolute Gasteiger partial charge is 0.338 e. The van der Waals surface area contributed by atoms with E-state index in [2.05, 4.69) is 15.2 Å². The maximum atomic E-state index is 12.4. The normalized spacial score (nSPS) is 18.4. The van der Waals surface area contributed by atoms with Crippen LogP contribution in [0.3, 0.4) is 0 Å². The van der Waals surface area contributed by atoms with Gasteiger partial charge in [0.2, 0.25) is 0 Å². The Morgan fingerprint density at radius 3 is 2.58 bits per heavy atom. The first-order valence-corrected chi connectivity index (χ1v) is 12.5. The van der Waals surface area contributed by atoms with Gasteiger partial charge in [0.15, 0.2) is 6.61 Å². The zero-order valence-electron chi connectivity index (χ0n) is 18.8. The lowest BCUT2D eigenvalue weighted by Crippen LogP contribution is -2.59. The van der Waals surface area contributed by atoms with E-state index in [1.165, 1.54) is 30.6 Å². The Bertz CT molecular complexity index is 891. The molecular weight excluding hydrogens is 442 g/mol. The van der Waals surface area contributed by atoms with E-state index in [-0.39, 0.29) is 18.1 Å². The van der Waals surface area contributed by atoms with Crippen molar-refractivity contribution in [3.63, 3.8) is 0 Å². The van der Waals surface area contributed by atoms with E-state index in [0.29, 0.717) is 24.5 Å². The monoisotopic (exact) mass is 473 g/mol. The summed E-state index contributed by atoms with van der Waals surface area (Å²) >= 11 is 1.51. The predicted molar refractivity (Wildman–Crippen MR) is 124 cm³/mol. The maximum Gasteiger partial charge on any atom is 0.338 e. The number of morpholine rings is 1. The summed E-state index contributed by atoms with van der Waals surface area (Å²) in [7, 11) is 0. The molecule has 1 aliphatic carbocycles. The lowest BCUT2D eigenvalue weighted by molar-refractivity contribution is -0.125. The Balaban J connectivity index is 1.22. The van der Waals surface area contributed by atoms with Gasteiger partial charge in [0, 0.05) is 30.6 Å². The van der Waals surface area contributed by atoms with Crippen LogP contribution < -0.4 is 10.1 Å². The third-order valence-electron chi connectivity index (χ3n) is 6.38. The number of ether oxygens (including phenoxy) is 3. The molecule has 178 valence electrons. The number of amides is 1. The third kappa shape index (κ3) is 6.52. The summed E-state index contributed by atoms with van der Waals surface area (Å²) < 4.78 is 16.4. The van der Waals surface area contributed by atoms with Crippen LogP contribution in [0.25, 0.3) is 0 Å². The molecule has 0 atom stereocenters.